The second-order valence-corrected chi connectivity index (χ2v) is 3.50. The highest BCUT2D eigenvalue weighted by molar-refractivity contribution is 6.03. The molecule has 1 aliphatic heterocycles. The second kappa shape index (κ2) is 3.73. The molecule has 1 aromatic rings. The van der Waals surface area contributed by atoms with Crippen molar-refractivity contribution in [3.05, 3.63) is 24.3 Å². The number of carbonyl (C=O) groups is 2. The van der Waals surface area contributed by atoms with Crippen molar-refractivity contribution in [1.82, 2.24) is 0 Å². The van der Waals surface area contributed by atoms with Crippen LogP contribution in [0.1, 0.15) is 6.92 Å². The normalized spacial score (nSPS) is 19.4. The molecule has 0 bridgehead atoms. The van der Waals surface area contributed by atoms with Gasteiger partial charge in [0.25, 0.3) is 0 Å². The van der Waals surface area contributed by atoms with Gasteiger partial charge in [-0.25, -0.2) is 0 Å². The van der Waals surface area contributed by atoms with Gasteiger partial charge in [0.05, 0.1) is 17.9 Å². The van der Waals surface area contributed by atoms with Gasteiger partial charge in [0.2, 0.25) is 5.91 Å². The third-order valence-corrected chi connectivity index (χ3v) is 2.59. The zero-order valence-electron chi connectivity index (χ0n) is 8.43. The van der Waals surface area contributed by atoms with Crippen molar-refractivity contribution in [3.8, 4) is 0 Å². The van der Waals surface area contributed by atoms with Crippen LogP contribution in [-0.2, 0) is 9.59 Å². The van der Waals surface area contributed by atoms with Crippen LogP contribution in [-0.4, -0.2) is 24.8 Å². The Morgan fingerprint density at radius 1 is 1.47 bits per heavy atom. The van der Waals surface area contributed by atoms with Crippen LogP contribution in [0.4, 0.5) is 11.4 Å². The highest BCUT2D eigenvalue weighted by Crippen LogP contribution is 2.30. The average Bonchev–Trinajstić information content (AvgIpc) is 2.25. The van der Waals surface area contributed by atoms with Crippen LogP contribution in [0.15, 0.2) is 24.3 Å². The van der Waals surface area contributed by atoms with Crippen LogP contribution in [0.2, 0.25) is 0 Å². The minimum Gasteiger partial charge on any atom is -0.351 e. The molecule has 1 N–H and O–H groups in total. The van der Waals surface area contributed by atoms with E-state index in [-0.39, 0.29) is 18.5 Å². The van der Waals surface area contributed by atoms with Crippen LogP contribution in [0.25, 0.3) is 0 Å². The van der Waals surface area contributed by atoms with Crippen molar-refractivity contribution in [3.63, 3.8) is 0 Å². The largest absolute Gasteiger partial charge is 0.351 e. The van der Waals surface area contributed by atoms with Crippen molar-refractivity contribution in [2.45, 2.75) is 13.0 Å². The lowest BCUT2D eigenvalue weighted by Gasteiger charge is -2.34. The lowest BCUT2D eigenvalue weighted by atomic mass is 10.1. The molecule has 1 atom stereocenters. The van der Waals surface area contributed by atoms with E-state index >= 15 is 0 Å². The summed E-state index contributed by atoms with van der Waals surface area (Å²) in [5.41, 5.74) is 1.67. The smallest absolute Gasteiger partial charge is 0.246 e. The zero-order chi connectivity index (χ0) is 10.8. The quantitative estimate of drug-likeness (QED) is 0.732. The number of hydrogen-bond donors (Lipinski definition) is 1. The first-order valence-electron chi connectivity index (χ1n) is 4.84. The molecule has 1 aliphatic rings. The minimum atomic E-state index is -0.301. The number of nitrogens with one attached hydrogen (secondary N) is 1. The lowest BCUT2D eigenvalue weighted by Crippen LogP contribution is -2.46. The van der Waals surface area contributed by atoms with Crippen molar-refractivity contribution < 1.29 is 9.59 Å². The van der Waals surface area contributed by atoms with Gasteiger partial charge in [-0.05, 0) is 19.1 Å². The summed E-state index contributed by atoms with van der Waals surface area (Å²) in [6, 6.07) is 7.17. The summed E-state index contributed by atoms with van der Waals surface area (Å²) in [7, 11) is 0. The molecule has 0 aromatic heterocycles. The van der Waals surface area contributed by atoms with Crippen LogP contribution in [0.5, 0.6) is 0 Å². The summed E-state index contributed by atoms with van der Waals surface area (Å²) < 4.78 is 0. The molecule has 4 nitrogen and oxygen atoms in total. The van der Waals surface area contributed by atoms with E-state index in [1.54, 1.807) is 11.8 Å². The Hall–Kier alpha value is -1.84. The summed E-state index contributed by atoms with van der Waals surface area (Å²) in [5.74, 6) is -0.0736. The SMILES string of the molecule is CC1C(=O)Nc2ccccc2N1CC=O. The molecular formula is C11H12N2O2. The number of fused-ring (bicyclic) bond motifs is 1. The molecule has 0 radical (unpaired) electrons. The molecule has 78 valence electrons. The molecule has 1 aromatic carbocycles. The number of hydrogen-bond acceptors (Lipinski definition) is 3. The zero-order valence-corrected chi connectivity index (χ0v) is 8.43. The topological polar surface area (TPSA) is 49.4 Å². The Kier molecular flexibility index (Phi) is 2.41. The molecule has 15 heavy (non-hydrogen) atoms. The average molecular weight is 204 g/mol. The summed E-state index contributed by atoms with van der Waals surface area (Å²) >= 11 is 0. The standard InChI is InChI=1S/C11H12N2O2/c1-8-11(15)12-9-4-2-3-5-10(9)13(8)6-7-14/h2-5,7-8H,6H2,1H3,(H,12,15). The van der Waals surface area contributed by atoms with Gasteiger partial charge in [0.15, 0.2) is 0 Å². The summed E-state index contributed by atoms with van der Waals surface area (Å²) in [6.45, 7) is 2.03. The van der Waals surface area contributed by atoms with Crippen molar-refractivity contribution in [2.24, 2.45) is 0 Å². The van der Waals surface area contributed by atoms with E-state index in [1.807, 2.05) is 24.3 Å². The van der Waals surface area contributed by atoms with E-state index in [0.29, 0.717) is 0 Å². The maximum absolute atomic E-state index is 11.6. The first kappa shape index (κ1) is 9.71. The number of nitrogens with zero attached hydrogens (tertiary/aromatic N) is 1. The third kappa shape index (κ3) is 1.58. The fraction of sp³-hybridized carbons (Fsp3) is 0.273. The summed E-state index contributed by atoms with van der Waals surface area (Å²) in [6.07, 6.45) is 0.811. The molecule has 1 unspecified atom stereocenters. The van der Waals surface area contributed by atoms with Crippen molar-refractivity contribution in [1.29, 1.82) is 0 Å². The minimum absolute atomic E-state index is 0.0736. The Morgan fingerprint density at radius 2 is 2.20 bits per heavy atom. The molecular weight excluding hydrogens is 192 g/mol. The summed E-state index contributed by atoms with van der Waals surface area (Å²) in [4.78, 5) is 23.9. The number of para-hydroxylation sites is 2. The number of benzene rings is 1. The molecule has 4 heteroatoms. The number of carbonyl (C=O) groups excluding carboxylic acids is 2. The summed E-state index contributed by atoms with van der Waals surface area (Å²) in [5, 5.41) is 2.80. The Bertz CT molecular complexity index is 403. The van der Waals surface area contributed by atoms with Crippen molar-refractivity contribution in [2.75, 3.05) is 16.8 Å². The first-order chi connectivity index (χ1) is 7.24. The van der Waals surface area contributed by atoms with E-state index in [2.05, 4.69) is 5.32 Å². The van der Waals surface area contributed by atoms with E-state index in [4.69, 9.17) is 0 Å². The highest BCUT2D eigenvalue weighted by Gasteiger charge is 2.28. The fourth-order valence-corrected chi connectivity index (χ4v) is 1.75. The van der Waals surface area contributed by atoms with Gasteiger partial charge in [0.1, 0.15) is 12.3 Å². The van der Waals surface area contributed by atoms with E-state index in [9.17, 15) is 9.59 Å². The molecule has 0 fully saturated rings. The number of rotatable bonds is 2. The predicted molar refractivity (Wildman–Crippen MR) is 57.9 cm³/mol. The Morgan fingerprint density at radius 3 is 2.93 bits per heavy atom. The molecule has 1 heterocycles. The fourth-order valence-electron chi connectivity index (χ4n) is 1.75. The van der Waals surface area contributed by atoms with E-state index in [0.717, 1.165) is 17.7 Å². The van der Waals surface area contributed by atoms with Crippen LogP contribution < -0.4 is 10.2 Å². The monoisotopic (exact) mass is 204 g/mol. The number of anilines is 2. The predicted octanol–water partition coefficient (Wildman–Crippen LogP) is 1.03. The van der Waals surface area contributed by atoms with E-state index < -0.39 is 0 Å². The van der Waals surface area contributed by atoms with Gasteiger partial charge in [-0.3, -0.25) is 4.79 Å². The van der Waals surface area contributed by atoms with Gasteiger partial charge in [0, 0.05) is 0 Å². The van der Waals surface area contributed by atoms with Gasteiger partial charge in [-0.15, -0.1) is 0 Å². The Balaban J connectivity index is 2.44. The lowest BCUT2D eigenvalue weighted by molar-refractivity contribution is -0.117. The maximum atomic E-state index is 11.6. The third-order valence-electron chi connectivity index (χ3n) is 2.59. The second-order valence-electron chi connectivity index (χ2n) is 3.50. The molecule has 2 rings (SSSR count). The van der Waals surface area contributed by atoms with E-state index in [1.165, 1.54) is 0 Å². The van der Waals surface area contributed by atoms with Gasteiger partial charge < -0.3 is 15.0 Å². The molecule has 0 saturated heterocycles. The molecule has 0 saturated carbocycles. The van der Waals surface area contributed by atoms with Gasteiger partial charge in [-0.1, -0.05) is 12.1 Å². The highest BCUT2D eigenvalue weighted by atomic mass is 16.2. The van der Waals surface area contributed by atoms with Crippen LogP contribution in [0, 0.1) is 0 Å². The van der Waals surface area contributed by atoms with Crippen LogP contribution in [0.3, 0.4) is 0 Å². The number of aldehydes is 1. The van der Waals surface area contributed by atoms with Gasteiger partial charge >= 0.3 is 0 Å². The molecule has 0 spiro atoms. The van der Waals surface area contributed by atoms with Gasteiger partial charge in [-0.2, -0.15) is 0 Å². The van der Waals surface area contributed by atoms with Crippen molar-refractivity contribution >= 4 is 23.6 Å². The Labute approximate surface area is 87.9 Å². The van der Waals surface area contributed by atoms with Crippen LogP contribution >= 0.6 is 0 Å². The number of amides is 1. The first-order valence-corrected chi connectivity index (χ1v) is 4.84. The molecule has 1 amide bonds. The maximum Gasteiger partial charge on any atom is 0.246 e. The molecule has 0 aliphatic carbocycles.